The van der Waals surface area contributed by atoms with Gasteiger partial charge in [0.25, 0.3) is 0 Å². The zero-order chi connectivity index (χ0) is 14.1. The van der Waals surface area contributed by atoms with E-state index in [1.54, 1.807) is 0 Å². The molecule has 1 heterocycles. The van der Waals surface area contributed by atoms with E-state index in [1.165, 1.54) is 10.6 Å². The first-order valence-corrected chi connectivity index (χ1v) is 6.60. The fourth-order valence-corrected chi connectivity index (χ4v) is 3.84. The van der Waals surface area contributed by atoms with E-state index in [2.05, 4.69) is 26.0 Å². The van der Waals surface area contributed by atoms with E-state index in [9.17, 15) is 4.79 Å². The molecule has 1 fully saturated rings. The Hall–Kier alpha value is -1.55. The van der Waals surface area contributed by atoms with Crippen LogP contribution in [0.2, 0.25) is 0 Å². The molecule has 19 heavy (non-hydrogen) atoms. The lowest BCUT2D eigenvalue weighted by molar-refractivity contribution is -0.0294. The number of carbonyl (C=O) groups is 1. The Balaban J connectivity index is 2.32. The fourth-order valence-electron chi connectivity index (χ4n) is 3.84. The third-order valence-electron chi connectivity index (χ3n) is 4.98. The third-order valence-corrected chi connectivity index (χ3v) is 4.98. The molecular weight excluding hydrogens is 240 g/mol. The number of hydrogen-bond donors (Lipinski definition) is 1. The van der Waals surface area contributed by atoms with Crippen LogP contribution in [-0.4, -0.2) is 16.7 Å². The number of hydrazine groups is 1. The maximum absolute atomic E-state index is 12.0. The zero-order valence-electron chi connectivity index (χ0n) is 11.9. The minimum atomic E-state index is -0.615. The number of rotatable bonds is 0. The van der Waals surface area contributed by atoms with Crippen LogP contribution >= 0.6 is 0 Å². The fraction of sp³-hybridized carbons (Fsp3) is 0.533. The quantitative estimate of drug-likeness (QED) is 0.576. The van der Waals surface area contributed by atoms with E-state index in [0.717, 1.165) is 12.0 Å². The Morgan fingerprint density at radius 1 is 1.16 bits per heavy atom. The van der Waals surface area contributed by atoms with E-state index in [0.29, 0.717) is 0 Å². The monoisotopic (exact) mass is 260 g/mol. The van der Waals surface area contributed by atoms with Crippen LogP contribution in [0.5, 0.6) is 0 Å². The maximum Gasteiger partial charge on any atom is 0.425 e. The number of amides is 1. The van der Waals surface area contributed by atoms with E-state index in [-0.39, 0.29) is 5.41 Å². The van der Waals surface area contributed by atoms with Gasteiger partial charge in [0.15, 0.2) is 0 Å². The lowest BCUT2D eigenvalue weighted by Crippen LogP contribution is -2.60. The van der Waals surface area contributed by atoms with Crippen LogP contribution < -0.4 is 5.84 Å². The maximum atomic E-state index is 12.0. The summed E-state index contributed by atoms with van der Waals surface area (Å²) in [5, 5.41) is 1.25. The lowest BCUT2D eigenvalue weighted by atomic mass is 9.59. The summed E-state index contributed by atoms with van der Waals surface area (Å²) in [4.78, 5) is 12.0. The second-order valence-corrected chi connectivity index (χ2v) is 6.65. The van der Waals surface area contributed by atoms with Crippen molar-refractivity contribution in [3.63, 3.8) is 0 Å². The summed E-state index contributed by atoms with van der Waals surface area (Å²) in [6.07, 6.45) is 0.310. The smallest absolute Gasteiger partial charge is 0.425 e. The number of nitrogens with two attached hydrogens (primary N) is 1. The number of fused-ring (bicyclic) bond motifs is 3. The van der Waals surface area contributed by atoms with Crippen LogP contribution in [0.1, 0.15) is 45.2 Å². The van der Waals surface area contributed by atoms with Crippen molar-refractivity contribution in [1.29, 1.82) is 0 Å². The van der Waals surface area contributed by atoms with Gasteiger partial charge >= 0.3 is 6.09 Å². The summed E-state index contributed by atoms with van der Waals surface area (Å²) in [6.45, 7) is 8.34. The molecule has 3 rings (SSSR count). The van der Waals surface area contributed by atoms with Crippen molar-refractivity contribution in [2.24, 2.45) is 5.84 Å². The first-order chi connectivity index (χ1) is 8.72. The summed E-state index contributed by atoms with van der Waals surface area (Å²) in [5.41, 5.74) is 1.06. The number of nitrogens with zero attached hydrogens (tertiary/aromatic N) is 1. The first-order valence-electron chi connectivity index (χ1n) is 6.60. The molecule has 2 unspecified atom stereocenters. The largest absolute Gasteiger partial charge is 0.439 e. The molecule has 1 aromatic carbocycles. The van der Waals surface area contributed by atoms with Gasteiger partial charge in [-0.15, -0.1) is 0 Å². The Labute approximate surface area is 113 Å². The molecule has 0 spiro atoms. The van der Waals surface area contributed by atoms with Crippen LogP contribution in [0.25, 0.3) is 0 Å². The van der Waals surface area contributed by atoms with E-state index in [4.69, 9.17) is 10.6 Å². The van der Waals surface area contributed by atoms with Crippen molar-refractivity contribution in [3.05, 3.63) is 35.4 Å². The Morgan fingerprint density at radius 2 is 1.74 bits per heavy atom. The highest BCUT2D eigenvalue weighted by molar-refractivity contribution is 5.73. The van der Waals surface area contributed by atoms with Gasteiger partial charge in [0.05, 0.1) is 0 Å². The van der Waals surface area contributed by atoms with E-state index < -0.39 is 17.2 Å². The molecule has 4 nitrogen and oxygen atoms in total. The summed E-state index contributed by atoms with van der Waals surface area (Å²) < 4.78 is 5.62. The molecular formula is C15H20N2O2. The van der Waals surface area contributed by atoms with Crippen molar-refractivity contribution < 1.29 is 9.53 Å². The third kappa shape index (κ3) is 1.30. The second-order valence-electron chi connectivity index (χ2n) is 6.65. The molecule has 1 amide bonds. The number of benzene rings is 1. The molecule has 1 saturated heterocycles. The molecule has 1 aliphatic carbocycles. The highest BCUT2D eigenvalue weighted by Gasteiger charge is 2.65. The van der Waals surface area contributed by atoms with Gasteiger partial charge in [-0.1, -0.05) is 38.1 Å². The van der Waals surface area contributed by atoms with Gasteiger partial charge in [-0.3, -0.25) is 0 Å². The second kappa shape index (κ2) is 3.31. The minimum absolute atomic E-state index is 0.0453. The standard InChI is InChI=1S/C15H20N2O2/c1-13(2)9-14(3)15(4,17(16)12(18)19-14)11-8-6-5-7-10(11)13/h5-8H,9,16H2,1-4H3. The summed E-state index contributed by atoms with van der Waals surface area (Å²) in [5.74, 6) is 6.01. The van der Waals surface area contributed by atoms with Crippen LogP contribution in [-0.2, 0) is 15.7 Å². The van der Waals surface area contributed by atoms with Crippen LogP contribution in [0.15, 0.2) is 24.3 Å². The van der Waals surface area contributed by atoms with Gasteiger partial charge in [-0.25, -0.2) is 15.6 Å². The molecule has 2 aliphatic rings. The molecule has 102 valence electrons. The summed E-state index contributed by atoms with van der Waals surface area (Å²) >= 11 is 0. The highest BCUT2D eigenvalue weighted by atomic mass is 16.6. The Bertz CT molecular complexity index is 569. The average molecular weight is 260 g/mol. The predicted octanol–water partition coefficient (Wildman–Crippen LogP) is 2.67. The molecule has 0 saturated carbocycles. The van der Waals surface area contributed by atoms with Crippen molar-refractivity contribution in [1.82, 2.24) is 5.01 Å². The Morgan fingerprint density at radius 3 is 2.37 bits per heavy atom. The number of ether oxygens (including phenoxy) is 1. The topological polar surface area (TPSA) is 55.6 Å². The molecule has 0 aromatic heterocycles. The van der Waals surface area contributed by atoms with Gasteiger partial charge in [-0.2, -0.15) is 0 Å². The molecule has 0 bridgehead atoms. The predicted molar refractivity (Wildman–Crippen MR) is 72.3 cm³/mol. The molecule has 2 N–H and O–H groups in total. The first kappa shape index (κ1) is 12.5. The van der Waals surface area contributed by atoms with Crippen LogP contribution in [0.4, 0.5) is 4.79 Å². The highest BCUT2D eigenvalue weighted by Crippen LogP contribution is 2.56. The Kier molecular flexibility index (Phi) is 2.17. The number of hydrogen-bond acceptors (Lipinski definition) is 3. The van der Waals surface area contributed by atoms with E-state index >= 15 is 0 Å². The zero-order valence-corrected chi connectivity index (χ0v) is 11.9. The van der Waals surface area contributed by atoms with Crippen LogP contribution in [0.3, 0.4) is 0 Å². The molecule has 4 heteroatoms. The molecule has 0 radical (unpaired) electrons. The van der Waals surface area contributed by atoms with Gasteiger partial charge in [0, 0.05) is 0 Å². The average Bonchev–Trinajstić information content (AvgIpc) is 2.50. The van der Waals surface area contributed by atoms with Crippen molar-refractivity contribution in [2.75, 3.05) is 0 Å². The summed E-state index contributed by atoms with van der Waals surface area (Å²) in [7, 11) is 0. The molecule has 1 aliphatic heterocycles. The van der Waals surface area contributed by atoms with Crippen molar-refractivity contribution in [2.45, 2.75) is 50.7 Å². The van der Waals surface area contributed by atoms with Crippen molar-refractivity contribution >= 4 is 6.09 Å². The molecule has 2 atom stereocenters. The van der Waals surface area contributed by atoms with Crippen molar-refractivity contribution in [3.8, 4) is 0 Å². The SMILES string of the molecule is CC1(C)CC2(C)OC(=O)N(N)C2(C)c2ccccc21. The lowest BCUT2D eigenvalue weighted by Gasteiger charge is -2.50. The van der Waals surface area contributed by atoms with Gasteiger partial charge in [0.1, 0.15) is 11.1 Å². The van der Waals surface area contributed by atoms with Gasteiger partial charge in [-0.05, 0) is 36.8 Å². The molecule has 1 aromatic rings. The minimum Gasteiger partial charge on any atom is -0.439 e. The summed E-state index contributed by atoms with van der Waals surface area (Å²) in [6, 6.07) is 8.20. The van der Waals surface area contributed by atoms with Crippen LogP contribution in [0, 0.1) is 0 Å². The van der Waals surface area contributed by atoms with Gasteiger partial charge in [0.2, 0.25) is 0 Å². The normalized spacial score (nSPS) is 35.6. The number of carbonyl (C=O) groups excluding carboxylic acids is 1. The van der Waals surface area contributed by atoms with Gasteiger partial charge < -0.3 is 4.74 Å². The van der Waals surface area contributed by atoms with E-state index in [1.807, 2.05) is 26.0 Å².